The molecule has 1 unspecified atom stereocenters. The number of likely N-dealkylation sites (tertiary alicyclic amines) is 1. The van der Waals surface area contributed by atoms with Crippen molar-refractivity contribution < 1.29 is 14.3 Å². The second-order valence-electron chi connectivity index (χ2n) is 6.50. The van der Waals surface area contributed by atoms with Gasteiger partial charge in [0.25, 0.3) is 5.91 Å². The largest absolute Gasteiger partial charge is 0.439 e. The fraction of sp³-hybridized carbons (Fsp3) is 0.353. The molecule has 0 aliphatic carbocycles. The first-order valence-corrected chi connectivity index (χ1v) is 8.38. The molecule has 1 aromatic heterocycles. The van der Waals surface area contributed by atoms with Gasteiger partial charge in [0.2, 0.25) is 0 Å². The number of carbonyl (C=O) groups excluding carboxylic acids is 2. The average molecular weight is 361 g/mol. The molecule has 0 bridgehead atoms. The van der Waals surface area contributed by atoms with Crippen LogP contribution in [-0.4, -0.2) is 63.9 Å². The predicted octanol–water partition coefficient (Wildman–Crippen LogP) is 2.19. The van der Waals surface area contributed by atoms with Crippen LogP contribution in [0.4, 0.5) is 4.79 Å². The molecule has 8 heteroatoms. The second kappa shape index (κ2) is 5.77. The van der Waals surface area contributed by atoms with Gasteiger partial charge in [-0.3, -0.25) is 4.79 Å². The third-order valence-electron chi connectivity index (χ3n) is 4.70. The molecule has 2 amide bonds. The summed E-state index contributed by atoms with van der Waals surface area (Å²) in [6, 6.07) is 7.05. The summed E-state index contributed by atoms with van der Waals surface area (Å²) in [7, 11) is 1.70. The number of amides is 2. The first kappa shape index (κ1) is 16.0. The molecule has 1 aromatic carbocycles. The molecule has 0 radical (unpaired) electrons. The number of carbonyl (C=O) groups is 2. The van der Waals surface area contributed by atoms with Gasteiger partial charge in [0.1, 0.15) is 0 Å². The van der Waals surface area contributed by atoms with Crippen LogP contribution >= 0.6 is 11.6 Å². The zero-order valence-electron chi connectivity index (χ0n) is 13.7. The van der Waals surface area contributed by atoms with Crippen molar-refractivity contribution in [3.05, 3.63) is 47.2 Å². The number of hydrogen-bond donors (Lipinski definition) is 0. The van der Waals surface area contributed by atoms with Crippen molar-refractivity contribution in [3.8, 4) is 5.69 Å². The quantitative estimate of drug-likeness (QED) is 0.823. The van der Waals surface area contributed by atoms with Crippen LogP contribution in [0, 0.1) is 0 Å². The minimum absolute atomic E-state index is 0.153. The highest BCUT2D eigenvalue weighted by Crippen LogP contribution is 2.33. The normalized spacial score (nSPS) is 22.7. The minimum atomic E-state index is -0.594. The maximum Gasteiger partial charge on any atom is 0.410 e. The number of halogens is 1. The maximum absolute atomic E-state index is 12.8. The monoisotopic (exact) mass is 360 g/mol. The molecule has 25 heavy (non-hydrogen) atoms. The van der Waals surface area contributed by atoms with Crippen molar-refractivity contribution in [2.75, 3.05) is 26.7 Å². The van der Waals surface area contributed by atoms with Crippen LogP contribution in [0.1, 0.15) is 16.8 Å². The highest BCUT2D eigenvalue weighted by molar-refractivity contribution is 6.34. The molecule has 3 heterocycles. The van der Waals surface area contributed by atoms with Gasteiger partial charge < -0.3 is 14.5 Å². The summed E-state index contributed by atoms with van der Waals surface area (Å²) in [5, 5.41) is 4.53. The molecule has 2 aromatic rings. The fourth-order valence-corrected chi connectivity index (χ4v) is 3.69. The molecule has 130 valence electrons. The van der Waals surface area contributed by atoms with E-state index >= 15 is 0 Å². The second-order valence-corrected chi connectivity index (χ2v) is 6.91. The van der Waals surface area contributed by atoms with Crippen molar-refractivity contribution in [1.82, 2.24) is 19.6 Å². The first-order valence-electron chi connectivity index (χ1n) is 8.00. The van der Waals surface area contributed by atoms with Gasteiger partial charge in [-0.05, 0) is 24.3 Å². The lowest BCUT2D eigenvalue weighted by Gasteiger charge is -2.22. The standard InChI is InChI=1S/C17H17ClN4O3/c1-20-10-17(25-16(20)24)5-8-21(11-17)15(23)13-4-3-12(9-14(13)18)22-7-2-6-19-22/h2-4,6-7,9H,5,8,10-11H2,1H3. The zero-order chi connectivity index (χ0) is 17.6. The topological polar surface area (TPSA) is 67.7 Å². The Balaban J connectivity index is 1.53. The Kier molecular flexibility index (Phi) is 3.68. The molecule has 7 nitrogen and oxygen atoms in total. The van der Waals surface area contributed by atoms with Gasteiger partial charge in [-0.25, -0.2) is 9.48 Å². The van der Waals surface area contributed by atoms with Crippen LogP contribution in [0.25, 0.3) is 5.69 Å². The van der Waals surface area contributed by atoms with E-state index in [1.54, 1.807) is 45.9 Å². The predicted molar refractivity (Wildman–Crippen MR) is 90.9 cm³/mol. The van der Waals surface area contributed by atoms with Gasteiger partial charge >= 0.3 is 6.09 Å². The Bertz CT molecular complexity index is 838. The molecular weight excluding hydrogens is 344 g/mol. The molecule has 2 aliphatic rings. The summed E-state index contributed by atoms with van der Waals surface area (Å²) in [5.74, 6) is -0.153. The third-order valence-corrected chi connectivity index (χ3v) is 5.01. The molecule has 4 rings (SSSR count). The van der Waals surface area contributed by atoms with E-state index in [-0.39, 0.29) is 12.0 Å². The van der Waals surface area contributed by atoms with Crippen LogP contribution in [-0.2, 0) is 4.74 Å². The number of hydrogen-bond acceptors (Lipinski definition) is 4. The van der Waals surface area contributed by atoms with E-state index in [1.165, 1.54) is 0 Å². The number of aromatic nitrogens is 2. The van der Waals surface area contributed by atoms with Crippen LogP contribution in [0.3, 0.4) is 0 Å². The maximum atomic E-state index is 12.8. The average Bonchev–Trinajstić information content (AvgIpc) is 3.29. The number of rotatable bonds is 2. The van der Waals surface area contributed by atoms with Gasteiger partial charge in [0, 0.05) is 32.4 Å². The number of benzene rings is 1. The van der Waals surface area contributed by atoms with Crippen molar-refractivity contribution in [1.29, 1.82) is 0 Å². The molecule has 2 fully saturated rings. The SMILES string of the molecule is CN1CC2(CCN(C(=O)c3ccc(-n4cccn4)cc3Cl)C2)OC1=O. The summed E-state index contributed by atoms with van der Waals surface area (Å²) in [4.78, 5) is 27.7. The van der Waals surface area contributed by atoms with E-state index in [0.29, 0.717) is 36.6 Å². The summed E-state index contributed by atoms with van der Waals surface area (Å²) in [5.41, 5.74) is 0.631. The molecule has 1 spiro atoms. The number of nitrogens with zero attached hydrogens (tertiary/aromatic N) is 4. The third kappa shape index (κ3) is 2.74. The Morgan fingerprint density at radius 3 is 2.84 bits per heavy atom. The summed E-state index contributed by atoms with van der Waals surface area (Å²) in [6.07, 6.45) is 3.78. The van der Waals surface area contributed by atoms with Gasteiger partial charge in [0.15, 0.2) is 5.60 Å². The molecule has 1 atom stereocenters. The van der Waals surface area contributed by atoms with Crippen molar-refractivity contribution in [3.63, 3.8) is 0 Å². The fourth-order valence-electron chi connectivity index (χ4n) is 3.43. The van der Waals surface area contributed by atoms with E-state index in [1.807, 2.05) is 12.3 Å². The molecule has 0 N–H and O–H groups in total. The smallest absolute Gasteiger partial charge is 0.410 e. The lowest BCUT2D eigenvalue weighted by atomic mass is 10.0. The number of ether oxygens (including phenoxy) is 1. The van der Waals surface area contributed by atoms with E-state index in [4.69, 9.17) is 16.3 Å². The van der Waals surface area contributed by atoms with E-state index in [9.17, 15) is 9.59 Å². The Morgan fingerprint density at radius 2 is 2.20 bits per heavy atom. The first-order chi connectivity index (χ1) is 12.0. The van der Waals surface area contributed by atoms with E-state index < -0.39 is 5.60 Å². The Morgan fingerprint density at radius 1 is 1.36 bits per heavy atom. The molecular formula is C17H17ClN4O3. The van der Waals surface area contributed by atoms with Crippen molar-refractivity contribution in [2.45, 2.75) is 12.0 Å². The molecule has 2 aliphatic heterocycles. The lowest BCUT2D eigenvalue weighted by molar-refractivity contribution is 0.0553. The van der Waals surface area contributed by atoms with Gasteiger partial charge in [0.05, 0.1) is 29.4 Å². The minimum Gasteiger partial charge on any atom is -0.439 e. The van der Waals surface area contributed by atoms with Gasteiger partial charge in [-0.15, -0.1) is 0 Å². The highest BCUT2D eigenvalue weighted by atomic mass is 35.5. The van der Waals surface area contributed by atoms with Crippen molar-refractivity contribution >= 4 is 23.6 Å². The van der Waals surface area contributed by atoms with Crippen LogP contribution in [0.5, 0.6) is 0 Å². The summed E-state index contributed by atoms with van der Waals surface area (Å²) in [6.45, 7) is 1.43. The van der Waals surface area contributed by atoms with Crippen LogP contribution in [0.15, 0.2) is 36.7 Å². The summed E-state index contributed by atoms with van der Waals surface area (Å²) < 4.78 is 7.16. The van der Waals surface area contributed by atoms with Crippen molar-refractivity contribution in [2.24, 2.45) is 0 Å². The van der Waals surface area contributed by atoms with Gasteiger partial charge in [-0.1, -0.05) is 11.6 Å². The molecule has 0 saturated carbocycles. The summed E-state index contributed by atoms with van der Waals surface area (Å²) >= 11 is 6.33. The molecule has 2 saturated heterocycles. The Labute approximate surface area is 149 Å². The Hall–Kier alpha value is -2.54. The van der Waals surface area contributed by atoms with Crippen LogP contribution < -0.4 is 0 Å². The number of likely N-dealkylation sites (N-methyl/N-ethyl adjacent to an activating group) is 1. The lowest BCUT2D eigenvalue weighted by Crippen LogP contribution is -2.39. The zero-order valence-corrected chi connectivity index (χ0v) is 14.4. The van der Waals surface area contributed by atoms with Gasteiger partial charge in [-0.2, -0.15) is 5.10 Å². The van der Waals surface area contributed by atoms with E-state index in [2.05, 4.69) is 5.10 Å². The van der Waals surface area contributed by atoms with Crippen LogP contribution in [0.2, 0.25) is 5.02 Å². The highest BCUT2D eigenvalue weighted by Gasteiger charge is 2.49. The van der Waals surface area contributed by atoms with E-state index in [0.717, 1.165) is 5.69 Å².